The van der Waals surface area contributed by atoms with Crippen molar-refractivity contribution >= 4 is 5.91 Å². The summed E-state index contributed by atoms with van der Waals surface area (Å²) in [7, 11) is 0. The van der Waals surface area contributed by atoms with Crippen LogP contribution in [0.25, 0.3) is 0 Å². The number of allylic oxidation sites excluding steroid dienone is 4. The molecule has 11 nitrogen and oxygen atoms in total. The highest BCUT2D eigenvalue weighted by atomic mass is 16.7. The van der Waals surface area contributed by atoms with Gasteiger partial charge in [0.05, 0.1) is 25.4 Å². The Labute approximate surface area is 480 Å². The molecule has 1 aliphatic rings. The Morgan fingerprint density at radius 3 is 1.21 bits per heavy atom. The molecule has 1 fully saturated rings. The second-order valence-electron chi connectivity index (χ2n) is 23.9. The number of hydrogen-bond donors (Lipinski definition) is 8. The highest BCUT2D eigenvalue weighted by Crippen LogP contribution is 2.24. The zero-order valence-electron chi connectivity index (χ0n) is 50.9. The molecule has 9 unspecified atom stereocenters. The molecular formula is C67H129NO10. The molecule has 1 saturated heterocycles. The molecule has 1 aliphatic heterocycles. The number of aliphatic hydroxyl groups excluding tert-OH is 7. The van der Waals surface area contributed by atoms with Crippen molar-refractivity contribution < 1.29 is 50.0 Å². The first-order valence-electron chi connectivity index (χ1n) is 33.7. The summed E-state index contributed by atoms with van der Waals surface area (Å²) < 4.78 is 11.2. The van der Waals surface area contributed by atoms with E-state index in [4.69, 9.17) is 9.47 Å². The second kappa shape index (κ2) is 56.1. The Morgan fingerprint density at radius 1 is 0.462 bits per heavy atom. The molecule has 8 N–H and O–H groups in total. The minimum atomic E-state index is -1.66. The number of carbonyl (C=O) groups is 1. The Bertz CT molecular complexity index is 1320. The topological polar surface area (TPSA) is 189 Å². The standard InChI is InChI=1S/C67H129NO10/c1-3-5-7-9-11-13-15-17-19-21-23-25-26-27-28-29-30-31-32-33-34-35-37-38-40-42-44-46-48-50-52-54-59(70)62(72)58(57-77-67-65(75)64(74)63(73)61(56-69)78-67)68-66(76)60(71)55-53-51-49-47-45-43-41-39-36-24-22-20-18-16-14-12-10-8-6-4-2/h6,8,12,14,58-65,67,69-75H,3-5,7,9-11,13,15-57H2,1-2H3,(H,68,76)/b8-6-,14-12-. The van der Waals surface area contributed by atoms with E-state index in [1.165, 1.54) is 238 Å². The van der Waals surface area contributed by atoms with Crippen LogP contribution in [0.2, 0.25) is 0 Å². The molecule has 0 aromatic rings. The molecule has 1 amide bonds. The summed E-state index contributed by atoms with van der Waals surface area (Å²) in [6.45, 7) is 3.40. The Morgan fingerprint density at radius 2 is 0.821 bits per heavy atom. The van der Waals surface area contributed by atoms with Crippen LogP contribution in [0.3, 0.4) is 0 Å². The molecule has 9 atom stereocenters. The van der Waals surface area contributed by atoms with Crippen molar-refractivity contribution in [2.24, 2.45) is 0 Å². The monoisotopic (exact) mass is 1110 g/mol. The average Bonchev–Trinajstić information content (AvgIpc) is 3.46. The Hall–Kier alpha value is -1.41. The number of rotatable bonds is 59. The van der Waals surface area contributed by atoms with Crippen LogP contribution in [0.15, 0.2) is 24.3 Å². The average molecular weight is 1110 g/mol. The van der Waals surface area contributed by atoms with Crippen LogP contribution in [0, 0.1) is 0 Å². The number of amides is 1. The van der Waals surface area contributed by atoms with Gasteiger partial charge in [-0.05, 0) is 38.5 Å². The summed E-state index contributed by atoms with van der Waals surface area (Å²) >= 11 is 0. The largest absolute Gasteiger partial charge is 0.394 e. The predicted octanol–water partition coefficient (Wildman–Crippen LogP) is 15.6. The van der Waals surface area contributed by atoms with Gasteiger partial charge >= 0.3 is 0 Å². The number of ether oxygens (including phenoxy) is 2. The number of nitrogens with one attached hydrogen (secondary N) is 1. The van der Waals surface area contributed by atoms with Gasteiger partial charge in [0.2, 0.25) is 5.91 Å². The lowest BCUT2D eigenvalue weighted by Crippen LogP contribution is -2.60. The van der Waals surface area contributed by atoms with E-state index < -0.39 is 74.2 Å². The Kier molecular flexibility index (Phi) is 53.6. The van der Waals surface area contributed by atoms with Crippen molar-refractivity contribution in [1.29, 1.82) is 0 Å². The van der Waals surface area contributed by atoms with Gasteiger partial charge in [0, 0.05) is 0 Å². The van der Waals surface area contributed by atoms with E-state index in [0.29, 0.717) is 19.3 Å². The van der Waals surface area contributed by atoms with Gasteiger partial charge in [0.25, 0.3) is 0 Å². The fourth-order valence-electron chi connectivity index (χ4n) is 11.1. The van der Waals surface area contributed by atoms with Gasteiger partial charge in [-0.15, -0.1) is 0 Å². The zero-order valence-corrected chi connectivity index (χ0v) is 50.9. The van der Waals surface area contributed by atoms with E-state index in [1.807, 2.05) is 0 Å². The van der Waals surface area contributed by atoms with Gasteiger partial charge in [-0.25, -0.2) is 0 Å². The highest BCUT2D eigenvalue weighted by molar-refractivity contribution is 5.80. The molecule has 462 valence electrons. The first-order valence-corrected chi connectivity index (χ1v) is 33.7. The van der Waals surface area contributed by atoms with Gasteiger partial charge in [-0.2, -0.15) is 0 Å². The first-order chi connectivity index (χ1) is 38.2. The predicted molar refractivity (Wildman–Crippen MR) is 326 cm³/mol. The van der Waals surface area contributed by atoms with Crippen LogP contribution in [0.5, 0.6) is 0 Å². The number of unbranched alkanes of at least 4 members (excludes halogenated alkanes) is 43. The van der Waals surface area contributed by atoms with Crippen molar-refractivity contribution in [1.82, 2.24) is 5.32 Å². The van der Waals surface area contributed by atoms with Crippen LogP contribution < -0.4 is 5.32 Å². The number of hydrogen-bond acceptors (Lipinski definition) is 10. The SMILES string of the molecule is CC/C=C\C/C=C\CCCCCCCCCCCCCCCC(O)C(=O)NC(COC1OC(CO)C(O)C(O)C1O)C(O)C(O)CCCCCCCCCCCCCCCCCCCCCCCCCCCCCCCCC. The smallest absolute Gasteiger partial charge is 0.249 e. The van der Waals surface area contributed by atoms with Crippen LogP contribution >= 0.6 is 0 Å². The molecule has 0 aliphatic carbocycles. The molecule has 0 aromatic carbocycles. The summed E-state index contributed by atoms with van der Waals surface area (Å²) in [5.74, 6) is -0.693. The minimum absolute atomic E-state index is 0.261. The summed E-state index contributed by atoms with van der Waals surface area (Å²) in [5, 5.41) is 76.4. The third-order valence-corrected chi connectivity index (χ3v) is 16.5. The Balaban J connectivity index is 2.19. The first kappa shape index (κ1) is 74.6. The molecule has 78 heavy (non-hydrogen) atoms. The lowest BCUT2D eigenvalue weighted by atomic mass is 9.98. The van der Waals surface area contributed by atoms with E-state index in [2.05, 4.69) is 43.5 Å². The maximum atomic E-state index is 13.2. The van der Waals surface area contributed by atoms with Crippen LogP contribution in [0.4, 0.5) is 0 Å². The van der Waals surface area contributed by atoms with Gasteiger partial charge < -0.3 is 50.5 Å². The summed E-state index contributed by atoms with van der Waals surface area (Å²) in [4.78, 5) is 13.2. The molecule has 0 spiro atoms. The fourth-order valence-corrected chi connectivity index (χ4v) is 11.1. The van der Waals surface area contributed by atoms with Crippen molar-refractivity contribution in [3.63, 3.8) is 0 Å². The van der Waals surface area contributed by atoms with Gasteiger partial charge in [0.1, 0.15) is 36.6 Å². The molecule has 0 bridgehead atoms. The van der Waals surface area contributed by atoms with Crippen molar-refractivity contribution in [2.45, 2.75) is 384 Å². The zero-order chi connectivity index (χ0) is 56.8. The third kappa shape index (κ3) is 43.3. The quantitative estimate of drug-likeness (QED) is 0.0215. The molecule has 11 heteroatoms. The van der Waals surface area contributed by atoms with Crippen LogP contribution in [-0.2, 0) is 14.3 Å². The normalized spacial score (nSPS) is 19.5. The van der Waals surface area contributed by atoms with Crippen LogP contribution in [0.1, 0.15) is 328 Å². The number of carbonyl (C=O) groups excluding carboxylic acids is 1. The summed E-state index contributed by atoms with van der Waals surface area (Å²) in [6.07, 6.45) is 58.3. The lowest BCUT2D eigenvalue weighted by Gasteiger charge is -2.40. The second-order valence-corrected chi connectivity index (χ2v) is 23.9. The van der Waals surface area contributed by atoms with Gasteiger partial charge in [-0.1, -0.05) is 314 Å². The molecule has 0 radical (unpaired) electrons. The maximum absolute atomic E-state index is 13.2. The molecular weight excluding hydrogens is 979 g/mol. The van der Waals surface area contributed by atoms with Gasteiger partial charge in [-0.3, -0.25) is 4.79 Å². The number of aliphatic hydroxyl groups is 7. The molecule has 0 saturated carbocycles. The molecule has 0 aromatic heterocycles. The van der Waals surface area contributed by atoms with Crippen molar-refractivity contribution in [2.75, 3.05) is 13.2 Å². The minimum Gasteiger partial charge on any atom is -0.394 e. The maximum Gasteiger partial charge on any atom is 0.249 e. The lowest BCUT2D eigenvalue weighted by molar-refractivity contribution is -0.303. The van der Waals surface area contributed by atoms with E-state index >= 15 is 0 Å². The fraction of sp³-hybridized carbons (Fsp3) is 0.925. The summed E-state index contributed by atoms with van der Waals surface area (Å²) in [6, 6.07) is -1.17. The van der Waals surface area contributed by atoms with E-state index in [-0.39, 0.29) is 6.42 Å². The third-order valence-electron chi connectivity index (χ3n) is 16.5. The highest BCUT2D eigenvalue weighted by Gasteiger charge is 2.44. The van der Waals surface area contributed by atoms with Gasteiger partial charge in [0.15, 0.2) is 6.29 Å². The van der Waals surface area contributed by atoms with E-state index in [9.17, 15) is 40.5 Å². The van der Waals surface area contributed by atoms with Crippen molar-refractivity contribution in [3.05, 3.63) is 24.3 Å². The van der Waals surface area contributed by atoms with E-state index in [1.54, 1.807) is 0 Å². The molecule has 1 heterocycles. The summed E-state index contributed by atoms with van der Waals surface area (Å²) in [5.41, 5.74) is 0. The molecule has 1 rings (SSSR count). The van der Waals surface area contributed by atoms with E-state index in [0.717, 1.165) is 51.4 Å². The van der Waals surface area contributed by atoms with Crippen molar-refractivity contribution in [3.8, 4) is 0 Å². The van der Waals surface area contributed by atoms with Crippen LogP contribution in [-0.4, -0.2) is 110 Å².